The molecule has 0 aliphatic carbocycles. The molecule has 1 saturated heterocycles. The van der Waals surface area contributed by atoms with Gasteiger partial charge in [0.1, 0.15) is 4.99 Å². The first-order chi connectivity index (χ1) is 10.1. The first-order valence-corrected chi connectivity index (χ1v) is 7.55. The van der Waals surface area contributed by atoms with E-state index in [1.165, 1.54) is 0 Å². The Morgan fingerprint density at radius 2 is 1.95 bits per heavy atom. The Balaban J connectivity index is 2.18. The van der Waals surface area contributed by atoms with Crippen molar-refractivity contribution in [2.45, 2.75) is 26.1 Å². The van der Waals surface area contributed by atoms with Gasteiger partial charge in [0.05, 0.1) is 29.0 Å². The molecule has 1 aromatic heterocycles. The highest BCUT2D eigenvalue weighted by molar-refractivity contribution is 7.80. The number of pyridine rings is 1. The second-order valence-electron chi connectivity index (χ2n) is 5.56. The zero-order valence-corrected chi connectivity index (χ0v) is 13.1. The van der Waals surface area contributed by atoms with Crippen molar-refractivity contribution in [2.75, 3.05) is 18.0 Å². The van der Waals surface area contributed by atoms with Crippen LogP contribution in [0.5, 0.6) is 0 Å². The number of hydrogen-bond acceptors (Lipinski definition) is 4. The Hall–Kier alpha value is -1.72. The van der Waals surface area contributed by atoms with Crippen LogP contribution in [0.4, 0.5) is 5.69 Å². The molecule has 2 heterocycles. The molecule has 1 aliphatic rings. The average Bonchev–Trinajstić information content (AvgIpc) is 2.44. The number of thiocarbonyl (C=S) groups is 1. The standard InChI is InChI=1S/C16H19N3OS/c1-10-8-19(9-11(2)20-10)15-12-5-3-4-6-14(12)18-7-13(15)16(17)21/h3-7,10-11H,8-9H2,1-2H3,(H2,17,21). The van der Waals surface area contributed by atoms with Crippen LogP contribution in [0, 0.1) is 0 Å². The lowest BCUT2D eigenvalue weighted by atomic mass is 10.1. The molecular weight excluding hydrogens is 282 g/mol. The van der Waals surface area contributed by atoms with Crippen LogP contribution in [0.3, 0.4) is 0 Å². The topological polar surface area (TPSA) is 51.4 Å². The molecule has 110 valence electrons. The maximum Gasteiger partial charge on any atom is 0.107 e. The second kappa shape index (κ2) is 5.58. The SMILES string of the molecule is CC1CN(c2c(C(N)=S)cnc3ccccc23)CC(C)O1. The summed E-state index contributed by atoms with van der Waals surface area (Å²) in [5.41, 5.74) is 8.79. The summed E-state index contributed by atoms with van der Waals surface area (Å²) in [7, 11) is 0. The van der Waals surface area contributed by atoms with E-state index in [1.807, 2.05) is 18.2 Å². The van der Waals surface area contributed by atoms with E-state index in [9.17, 15) is 0 Å². The van der Waals surface area contributed by atoms with Crippen LogP contribution in [-0.4, -0.2) is 35.3 Å². The van der Waals surface area contributed by atoms with Crippen molar-refractivity contribution in [3.63, 3.8) is 0 Å². The lowest BCUT2D eigenvalue weighted by Crippen LogP contribution is -2.46. The number of para-hydroxylation sites is 1. The summed E-state index contributed by atoms with van der Waals surface area (Å²) in [6.07, 6.45) is 2.14. The molecule has 2 aromatic rings. The molecule has 0 amide bonds. The third-order valence-corrected chi connectivity index (χ3v) is 3.97. The van der Waals surface area contributed by atoms with Crippen LogP contribution >= 0.6 is 12.2 Å². The van der Waals surface area contributed by atoms with Gasteiger partial charge < -0.3 is 15.4 Å². The summed E-state index contributed by atoms with van der Waals surface area (Å²) in [6.45, 7) is 5.83. The van der Waals surface area contributed by atoms with Gasteiger partial charge in [-0.05, 0) is 19.9 Å². The maximum atomic E-state index is 5.92. The lowest BCUT2D eigenvalue weighted by molar-refractivity contribution is -0.00514. The molecule has 5 heteroatoms. The normalized spacial score (nSPS) is 22.5. The van der Waals surface area contributed by atoms with Gasteiger partial charge in [-0.25, -0.2) is 0 Å². The molecule has 0 spiro atoms. The van der Waals surface area contributed by atoms with E-state index >= 15 is 0 Å². The fourth-order valence-electron chi connectivity index (χ4n) is 3.01. The highest BCUT2D eigenvalue weighted by Crippen LogP contribution is 2.31. The van der Waals surface area contributed by atoms with Crippen molar-refractivity contribution in [3.05, 3.63) is 36.0 Å². The van der Waals surface area contributed by atoms with E-state index in [-0.39, 0.29) is 12.2 Å². The maximum absolute atomic E-state index is 5.92. The number of nitrogens with zero attached hydrogens (tertiary/aromatic N) is 2. The molecule has 2 unspecified atom stereocenters. The molecule has 21 heavy (non-hydrogen) atoms. The number of ether oxygens (including phenoxy) is 1. The van der Waals surface area contributed by atoms with Gasteiger partial charge in [0.15, 0.2) is 0 Å². The summed E-state index contributed by atoms with van der Waals surface area (Å²) < 4.78 is 5.83. The number of anilines is 1. The largest absolute Gasteiger partial charge is 0.389 e. The summed E-state index contributed by atoms with van der Waals surface area (Å²) in [6, 6.07) is 8.09. The van der Waals surface area contributed by atoms with Crippen molar-refractivity contribution < 1.29 is 4.74 Å². The van der Waals surface area contributed by atoms with Crippen molar-refractivity contribution >= 4 is 33.8 Å². The quantitative estimate of drug-likeness (QED) is 0.864. The lowest BCUT2D eigenvalue weighted by Gasteiger charge is -2.38. The zero-order chi connectivity index (χ0) is 15.0. The van der Waals surface area contributed by atoms with Crippen molar-refractivity contribution in [2.24, 2.45) is 5.73 Å². The van der Waals surface area contributed by atoms with Crippen LogP contribution < -0.4 is 10.6 Å². The third-order valence-electron chi connectivity index (χ3n) is 3.75. The monoisotopic (exact) mass is 301 g/mol. The summed E-state index contributed by atoms with van der Waals surface area (Å²) in [5, 5.41) is 1.09. The number of nitrogens with two attached hydrogens (primary N) is 1. The molecular formula is C16H19N3OS. The van der Waals surface area contributed by atoms with Crippen molar-refractivity contribution in [3.8, 4) is 0 Å². The zero-order valence-electron chi connectivity index (χ0n) is 12.2. The predicted molar refractivity (Wildman–Crippen MR) is 89.9 cm³/mol. The Morgan fingerprint density at radius 1 is 1.29 bits per heavy atom. The number of fused-ring (bicyclic) bond motifs is 1. The van der Waals surface area contributed by atoms with Crippen LogP contribution in [0.2, 0.25) is 0 Å². The molecule has 3 rings (SSSR count). The van der Waals surface area contributed by atoms with Crippen LogP contribution in [0.1, 0.15) is 19.4 Å². The summed E-state index contributed by atoms with van der Waals surface area (Å²) >= 11 is 5.22. The molecule has 0 bridgehead atoms. The smallest absolute Gasteiger partial charge is 0.107 e. The number of hydrogen-bond donors (Lipinski definition) is 1. The van der Waals surface area contributed by atoms with E-state index in [0.29, 0.717) is 4.99 Å². The molecule has 0 saturated carbocycles. The Bertz CT molecular complexity index is 678. The molecule has 1 aromatic carbocycles. The molecule has 4 nitrogen and oxygen atoms in total. The van der Waals surface area contributed by atoms with Gasteiger partial charge in [0, 0.05) is 24.7 Å². The minimum absolute atomic E-state index is 0.180. The van der Waals surface area contributed by atoms with Gasteiger partial charge in [0.2, 0.25) is 0 Å². The van der Waals surface area contributed by atoms with Crippen molar-refractivity contribution in [1.29, 1.82) is 0 Å². The number of aromatic nitrogens is 1. The van der Waals surface area contributed by atoms with E-state index in [2.05, 4.69) is 29.8 Å². The Morgan fingerprint density at radius 3 is 2.62 bits per heavy atom. The fraction of sp³-hybridized carbons (Fsp3) is 0.375. The number of benzene rings is 1. The fourth-order valence-corrected chi connectivity index (χ4v) is 3.16. The van der Waals surface area contributed by atoms with Crippen LogP contribution in [0.15, 0.2) is 30.5 Å². The molecule has 1 fully saturated rings. The van der Waals surface area contributed by atoms with E-state index < -0.39 is 0 Å². The van der Waals surface area contributed by atoms with Crippen LogP contribution in [0.25, 0.3) is 10.9 Å². The summed E-state index contributed by atoms with van der Waals surface area (Å²) in [5.74, 6) is 0. The minimum atomic E-state index is 0.180. The first kappa shape index (κ1) is 14.2. The van der Waals surface area contributed by atoms with Gasteiger partial charge >= 0.3 is 0 Å². The third kappa shape index (κ3) is 2.71. The van der Waals surface area contributed by atoms with Gasteiger partial charge in [-0.15, -0.1) is 0 Å². The van der Waals surface area contributed by atoms with Gasteiger partial charge in [-0.3, -0.25) is 4.98 Å². The number of rotatable bonds is 2. The highest BCUT2D eigenvalue weighted by atomic mass is 32.1. The molecule has 2 N–H and O–H groups in total. The number of morpholine rings is 1. The Kier molecular flexibility index (Phi) is 3.78. The first-order valence-electron chi connectivity index (χ1n) is 7.14. The van der Waals surface area contributed by atoms with Gasteiger partial charge in [-0.1, -0.05) is 30.4 Å². The van der Waals surface area contributed by atoms with Gasteiger partial charge in [0.25, 0.3) is 0 Å². The van der Waals surface area contributed by atoms with Crippen LogP contribution in [-0.2, 0) is 4.74 Å². The molecule has 0 radical (unpaired) electrons. The van der Waals surface area contributed by atoms with E-state index in [0.717, 1.165) is 35.2 Å². The highest BCUT2D eigenvalue weighted by Gasteiger charge is 2.26. The van der Waals surface area contributed by atoms with E-state index in [4.69, 9.17) is 22.7 Å². The van der Waals surface area contributed by atoms with Gasteiger partial charge in [-0.2, -0.15) is 0 Å². The minimum Gasteiger partial charge on any atom is -0.389 e. The second-order valence-corrected chi connectivity index (χ2v) is 6.00. The van der Waals surface area contributed by atoms with E-state index in [1.54, 1.807) is 6.20 Å². The van der Waals surface area contributed by atoms with Crippen molar-refractivity contribution in [1.82, 2.24) is 4.98 Å². The molecule has 1 aliphatic heterocycles. The Labute approximate surface area is 129 Å². The average molecular weight is 301 g/mol. The molecule has 2 atom stereocenters. The predicted octanol–water partition coefficient (Wildman–Crippen LogP) is 2.48. The summed E-state index contributed by atoms with van der Waals surface area (Å²) in [4.78, 5) is 7.17.